The zero-order valence-corrected chi connectivity index (χ0v) is 13.1. The van der Waals surface area contributed by atoms with Crippen LogP contribution in [-0.4, -0.2) is 63.6 Å². The van der Waals surface area contributed by atoms with Crippen molar-refractivity contribution in [3.05, 3.63) is 0 Å². The monoisotopic (exact) mass is 300 g/mol. The summed E-state index contributed by atoms with van der Waals surface area (Å²) >= 11 is 1.92. The summed E-state index contributed by atoms with van der Waals surface area (Å²) in [6.45, 7) is 7.35. The molecule has 0 aromatic carbocycles. The number of rotatable bonds is 2. The van der Waals surface area contributed by atoms with Crippen LogP contribution >= 0.6 is 11.8 Å². The molecule has 2 fully saturated rings. The highest BCUT2D eigenvalue weighted by Crippen LogP contribution is 2.31. The number of carboxylic acids is 1. The highest BCUT2D eigenvalue weighted by atomic mass is 32.2. The van der Waals surface area contributed by atoms with Crippen LogP contribution in [0.2, 0.25) is 0 Å². The summed E-state index contributed by atoms with van der Waals surface area (Å²) in [7, 11) is 0. The van der Waals surface area contributed by atoms with Gasteiger partial charge in [0.15, 0.2) is 0 Å². The molecule has 1 N–H and O–H groups in total. The van der Waals surface area contributed by atoms with Crippen LogP contribution in [0.1, 0.15) is 33.1 Å². The van der Waals surface area contributed by atoms with Crippen molar-refractivity contribution in [2.24, 2.45) is 5.92 Å². The van der Waals surface area contributed by atoms with E-state index in [1.54, 1.807) is 0 Å². The minimum atomic E-state index is -0.766. The zero-order chi connectivity index (χ0) is 14.8. The molecular formula is C14H24N2O3S. The maximum atomic E-state index is 12.5. The molecule has 2 heterocycles. The molecule has 0 aromatic heterocycles. The third-order valence-corrected chi connectivity index (χ3v) is 5.50. The molecule has 0 spiro atoms. The minimum absolute atomic E-state index is 0.0937. The predicted molar refractivity (Wildman–Crippen MR) is 80.1 cm³/mol. The quantitative estimate of drug-likeness (QED) is 0.848. The van der Waals surface area contributed by atoms with E-state index in [0.29, 0.717) is 13.1 Å². The number of urea groups is 1. The van der Waals surface area contributed by atoms with Crippen LogP contribution in [-0.2, 0) is 4.79 Å². The lowest BCUT2D eigenvalue weighted by atomic mass is 10.1. The number of amides is 2. The lowest BCUT2D eigenvalue weighted by Crippen LogP contribution is -2.43. The number of hydrogen-bond donors (Lipinski definition) is 1. The number of carboxylic acid groups (broad SMARTS) is 1. The lowest BCUT2D eigenvalue weighted by Gasteiger charge is -2.27. The average molecular weight is 300 g/mol. The Labute approximate surface area is 124 Å². The van der Waals surface area contributed by atoms with Crippen LogP contribution < -0.4 is 0 Å². The van der Waals surface area contributed by atoms with Gasteiger partial charge >= 0.3 is 12.0 Å². The van der Waals surface area contributed by atoms with Gasteiger partial charge in [-0.2, -0.15) is 11.8 Å². The molecule has 2 amide bonds. The molecule has 2 aliphatic heterocycles. The van der Waals surface area contributed by atoms with Crippen molar-refractivity contribution < 1.29 is 14.7 Å². The van der Waals surface area contributed by atoms with Crippen molar-refractivity contribution in [3.8, 4) is 0 Å². The fourth-order valence-corrected chi connectivity index (χ4v) is 3.93. The van der Waals surface area contributed by atoms with Gasteiger partial charge in [-0.05, 0) is 18.8 Å². The molecule has 114 valence electrons. The standard InChI is InChI=1S/C14H24N2O3S/c1-14(2)4-6-15(7-8-20-14)13(19)16-5-3-11(10-16)9-12(17)18/h11H,3-10H2,1-2H3,(H,17,18). The summed E-state index contributed by atoms with van der Waals surface area (Å²) in [4.78, 5) is 27.0. The predicted octanol–water partition coefficient (Wildman–Crippen LogP) is 2.12. The van der Waals surface area contributed by atoms with Crippen LogP contribution in [0.3, 0.4) is 0 Å². The first kappa shape index (κ1) is 15.5. The Kier molecular flexibility index (Phi) is 4.83. The number of carbonyl (C=O) groups is 2. The van der Waals surface area contributed by atoms with Crippen LogP contribution in [0.25, 0.3) is 0 Å². The Morgan fingerprint density at radius 1 is 1.25 bits per heavy atom. The third-order valence-electron chi connectivity index (χ3n) is 4.13. The van der Waals surface area contributed by atoms with Crippen molar-refractivity contribution in [2.45, 2.75) is 37.9 Å². The molecule has 2 saturated heterocycles. The van der Waals surface area contributed by atoms with E-state index in [1.807, 2.05) is 21.6 Å². The first-order valence-corrected chi connectivity index (χ1v) is 8.25. The molecule has 0 bridgehead atoms. The smallest absolute Gasteiger partial charge is 0.320 e. The number of nitrogens with zero attached hydrogens (tertiary/aromatic N) is 2. The van der Waals surface area contributed by atoms with Gasteiger partial charge in [-0.15, -0.1) is 0 Å². The summed E-state index contributed by atoms with van der Waals surface area (Å²) in [5, 5.41) is 8.83. The van der Waals surface area contributed by atoms with E-state index in [4.69, 9.17) is 5.11 Å². The van der Waals surface area contributed by atoms with Gasteiger partial charge in [0, 0.05) is 43.1 Å². The van der Waals surface area contributed by atoms with Crippen LogP contribution in [0, 0.1) is 5.92 Å². The van der Waals surface area contributed by atoms with Crippen molar-refractivity contribution in [1.29, 1.82) is 0 Å². The lowest BCUT2D eigenvalue weighted by molar-refractivity contribution is -0.138. The van der Waals surface area contributed by atoms with Gasteiger partial charge < -0.3 is 14.9 Å². The van der Waals surface area contributed by atoms with Crippen molar-refractivity contribution in [2.75, 3.05) is 31.9 Å². The Balaban J connectivity index is 1.87. The maximum Gasteiger partial charge on any atom is 0.320 e. The highest BCUT2D eigenvalue weighted by Gasteiger charge is 2.32. The molecule has 20 heavy (non-hydrogen) atoms. The normalized spacial score (nSPS) is 26.4. The molecule has 1 unspecified atom stereocenters. The molecule has 2 rings (SSSR count). The van der Waals surface area contributed by atoms with E-state index in [9.17, 15) is 9.59 Å². The van der Waals surface area contributed by atoms with Crippen molar-refractivity contribution in [3.63, 3.8) is 0 Å². The fraction of sp³-hybridized carbons (Fsp3) is 0.857. The van der Waals surface area contributed by atoms with Crippen molar-refractivity contribution >= 4 is 23.8 Å². The number of likely N-dealkylation sites (tertiary alicyclic amines) is 1. The largest absolute Gasteiger partial charge is 0.481 e. The summed E-state index contributed by atoms with van der Waals surface area (Å²) in [5.41, 5.74) is 0. The second-order valence-corrected chi connectivity index (χ2v) is 8.13. The van der Waals surface area contributed by atoms with E-state index < -0.39 is 5.97 Å². The van der Waals surface area contributed by atoms with E-state index in [-0.39, 0.29) is 23.1 Å². The summed E-state index contributed by atoms with van der Waals surface area (Å²) < 4.78 is 0.242. The molecule has 0 saturated carbocycles. The topological polar surface area (TPSA) is 60.9 Å². The number of carbonyl (C=O) groups excluding carboxylic acids is 1. The number of thioether (sulfide) groups is 1. The SMILES string of the molecule is CC1(C)CCN(C(=O)N2CCC(CC(=O)O)C2)CCS1. The summed E-state index contributed by atoms with van der Waals surface area (Å²) in [6, 6.07) is 0.0937. The molecule has 0 aromatic rings. The van der Waals surface area contributed by atoms with Crippen LogP contribution in [0.4, 0.5) is 4.79 Å². The third kappa shape index (κ3) is 4.04. The first-order chi connectivity index (χ1) is 9.37. The molecule has 5 nitrogen and oxygen atoms in total. The summed E-state index contributed by atoms with van der Waals surface area (Å²) in [6.07, 6.45) is 1.99. The molecule has 6 heteroatoms. The Hall–Kier alpha value is -0.910. The number of hydrogen-bond acceptors (Lipinski definition) is 3. The van der Waals surface area contributed by atoms with E-state index in [2.05, 4.69) is 13.8 Å². The van der Waals surface area contributed by atoms with E-state index >= 15 is 0 Å². The van der Waals surface area contributed by atoms with Gasteiger partial charge in [-0.3, -0.25) is 4.79 Å². The van der Waals surface area contributed by atoms with Crippen molar-refractivity contribution in [1.82, 2.24) is 9.80 Å². The second-order valence-electron chi connectivity index (χ2n) is 6.33. The summed E-state index contributed by atoms with van der Waals surface area (Å²) in [5.74, 6) is 0.331. The first-order valence-electron chi connectivity index (χ1n) is 7.27. The maximum absolute atomic E-state index is 12.5. The minimum Gasteiger partial charge on any atom is -0.481 e. The van der Waals surface area contributed by atoms with E-state index in [0.717, 1.165) is 31.7 Å². The molecule has 2 aliphatic rings. The Morgan fingerprint density at radius 3 is 2.70 bits per heavy atom. The van der Waals surface area contributed by atoms with Crippen LogP contribution in [0.5, 0.6) is 0 Å². The van der Waals surface area contributed by atoms with Gasteiger partial charge in [0.25, 0.3) is 0 Å². The van der Waals surface area contributed by atoms with Gasteiger partial charge in [-0.1, -0.05) is 13.8 Å². The second kappa shape index (κ2) is 6.24. The van der Waals surface area contributed by atoms with Gasteiger partial charge in [0.2, 0.25) is 0 Å². The van der Waals surface area contributed by atoms with Gasteiger partial charge in [0.1, 0.15) is 0 Å². The molecule has 1 atom stereocenters. The number of aliphatic carboxylic acids is 1. The van der Waals surface area contributed by atoms with E-state index in [1.165, 1.54) is 0 Å². The van der Waals surface area contributed by atoms with Crippen LogP contribution in [0.15, 0.2) is 0 Å². The highest BCUT2D eigenvalue weighted by molar-refractivity contribution is 8.00. The average Bonchev–Trinajstić information content (AvgIpc) is 2.72. The van der Waals surface area contributed by atoms with Gasteiger partial charge in [0.05, 0.1) is 0 Å². The fourth-order valence-electron chi connectivity index (χ4n) is 2.83. The Bertz CT molecular complexity index is 387. The van der Waals surface area contributed by atoms with Gasteiger partial charge in [-0.25, -0.2) is 4.79 Å². The molecule has 0 radical (unpaired) electrons. The zero-order valence-electron chi connectivity index (χ0n) is 12.3. The molecule has 0 aliphatic carbocycles. The molecular weight excluding hydrogens is 276 g/mol. The Morgan fingerprint density at radius 2 is 2.00 bits per heavy atom.